The van der Waals surface area contributed by atoms with Crippen molar-refractivity contribution >= 4 is 34.0 Å². The van der Waals surface area contributed by atoms with Gasteiger partial charge in [-0.2, -0.15) is 4.31 Å². The van der Waals surface area contributed by atoms with Crippen LogP contribution in [0, 0.1) is 0 Å². The Balaban J connectivity index is 0.00000180. The summed E-state index contributed by atoms with van der Waals surface area (Å²) in [5.41, 5.74) is 5.72. The molecule has 0 bridgehead atoms. The molecular weight excluding hydrogens is 311 g/mol. The van der Waals surface area contributed by atoms with Crippen LogP contribution in [0.25, 0.3) is 0 Å². The van der Waals surface area contributed by atoms with Gasteiger partial charge in [-0.25, -0.2) is 8.42 Å². The number of benzene rings is 1. The number of rotatable bonds is 3. The van der Waals surface area contributed by atoms with Crippen molar-refractivity contribution < 1.29 is 13.2 Å². The van der Waals surface area contributed by atoms with E-state index in [0.717, 1.165) is 0 Å². The Bertz CT molecular complexity index is 551. The highest BCUT2D eigenvalue weighted by atomic mass is 35.5. The van der Waals surface area contributed by atoms with E-state index >= 15 is 0 Å². The number of ether oxygens (including phenoxy) is 1. The zero-order valence-corrected chi connectivity index (χ0v) is 12.8. The standard InChI is InChI=1S/C11H15ClN2O3S.ClH/c1-17-11-3-2-9(6-10(11)12)18(15,16)14-5-4-8(13)7-14;/h2-3,6,8H,4-5,7,13H2,1H3;1H/t8-;/m1./s1. The van der Waals surface area contributed by atoms with Crippen LogP contribution in [-0.2, 0) is 10.0 Å². The normalized spacial score (nSPS) is 20.1. The number of sulfonamides is 1. The molecule has 8 heteroatoms. The van der Waals surface area contributed by atoms with E-state index in [1.807, 2.05) is 0 Å². The van der Waals surface area contributed by atoms with Gasteiger partial charge < -0.3 is 10.5 Å². The van der Waals surface area contributed by atoms with E-state index in [2.05, 4.69) is 0 Å². The Labute approximate surface area is 124 Å². The maximum absolute atomic E-state index is 12.3. The lowest BCUT2D eigenvalue weighted by molar-refractivity contribution is 0.414. The smallest absolute Gasteiger partial charge is 0.243 e. The van der Waals surface area contributed by atoms with Crippen LogP contribution in [0.4, 0.5) is 0 Å². The molecule has 5 nitrogen and oxygen atoms in total. The second-order valence-electron chi connectivity index (χ2n) is 4.21. The molecule has 19 heavy (non-hydrogen) atoms. The Kier molecular flexibility index (Phi) is 5.46. The molecule has 2 rings (SSSR count). The first kappa shape index (κ1) is 16.5. The summed E-state index contributed by atoms with van der Waals surface area (Å²) < 4.78 is 31.0. The number of halogens is 2. The fourth-order valence-electron chi connectivity index (χ4n) is 1.93. The summed E-state index contributed by atoms with van der Waals surface area (Å²) in [5, 5.41) is 0.280. The average Bonchev–Trinajstić information content (AvgIpc) is 2.76. The first-order valence-corrected chi connectivity index (χ1v) is 7.36. The topological polar surface area (TPSA) is 72.6 Å². The van der Waals surface area contributed by atoms with Gasteiger partial charge in [-0.1, -0.05) is 11.6 Å². The van der Waals surface area contributed by atoms with Crippen LogP contribution in [0.15, 0.2) is 23.1 Å². The van der Waals surface area contributed by atoms with Crippen LogP contribution in [0.2, 0.25) is 5.02 Å². The molecule has 1 aliphatic rings. The van der Waals surface area contributed by atoms with Gasteiger partial charge in [0.1, 0.15) is 5.75 Å². The maximum atomic E-state index is 12.3. The predicted octanol–water partition coefficient (Wildman–Crippen LogP) is 1.49. The number of nitrogens with two attached hydrogens (primary N) is 1. The number of nitrogens with zero attached hydrogens (tertiary/aromatic N) is 1. The summed E-state index contributed by atoms with van der Waals surface area (Å²) in [5.74, 6) is 0.453. The Hall–Kier alpha value is -0.530. The van der Waals surface area contributed by atoms with Gasteiger partial charge in [-0.05, 0) is 24.6 Å². The van der Waals surface area contributed by atoms with Crippen LogP contribution in [-0.4, -0.2) is 39.0 Å². The van der Waals surface area contributed by atoms with E-state index in [9.17, 15) is 8.42 Å². The van der Waals surface area contributed by atoms with Crippen LogP contribution in [0.3, 0.4) is 0 Å². The Morgan fingerprint density at radius 2 is 2.16 bits per heavy atom. The quantitative estimate of drug-likeness (QED) is 0.913. The van der Waals surface area contributed by atoms with Gasteiger partial charge in [0.15, 0.2) is 0 Å². The van der Waals surface area contributed by atoms with Crippen molar-refractivity contribution in [3.63, 3.8) is 0 Å². The predicted molar refractivity (Wildman–Crippen MR) is 76.6 cm³/mol. The number of hydrogen-bond acceptors (Lipinski definition) is 4. The number of hydrogen-bond donors (Lipinski definition) is 1. The molecule has 2 N–H and O–H groups in total. The molecule has 1 fully saturated rings. The van der Waals surface area contributed by atoms with E-state index in [4.69, 9.17) is 22.1 Å². The summed E-state index contributed by atoms with van der Waals surface area (Å²) in [6, 6.07) is 4.35. The lowest BCUT2D eigenvalue weighted by Crippen LogP contribution is -2.31. The van der Waals surface area contributed by atoms with E-state index in [-0.39, 0.29) is 28.4 Å². The summed E-state index contributed by atoms with van der Waals surface area (Å²) in [6.45, 7) is 0.805. The third-order valence-electron chi connectivity index (χ3n) is 2.95. The molecule has 0 aliphatic carbocycles. The summed E-state index contributed by atoms with van der Waals surface area (Å²) in [7, 11) is -2.02. The highest BCUT2D eigenvalue weighted by Crippen LogP contribution is 2.29. The zero-order chi connectivity index (χ0) is 13.3. The van der Waals surface area contributed by atoms with Crippen molar-refractivity contribution in [2.75, 3.05) is 20.2 Å². The molecule has 0 unspecified atom stereocenters. The van der Waals surface area contributed by atoms with E-state index in [1.165, 1.54) is 23.5 Å². The molecule has 0 saturated carbocycles. The highest BCUT2D eigenvalue weighted by molar-refractivity contribution is 7.89. The van der Waals surface area contributed by atoms with Crippen molar-refractivity contribution in [2.45, 2.75) is 17.4 Å². The zero-order valence-electron chi connectivity index (χ0n) is 10.4. The summed E-state index contributed by atoms with van der Waals surface area (Å²) in [4.78, 5) is 0.169. The van der Waals surface area contributed by atoms with Crippen molar-refractivity contribution in [2.24, 2.45) is 5.73 Å². The third-order valence-corrected chi connectivity index (χ3v) is 5.10. The average molecular weight is 327 g/mol. The molecular formula is C11H16Cl2N2O3S. The van der Waals surface area contributed by atoms with Gasteiger partial charge in [-0.15, -0.1) is 12.4 Å². The maximum Gasteiger partial charge on any atom is 0.243 e. The molecule has 1 heterocycles. The van der Waals surface area contributed by atoms with Gasteiger partial charge >= 0.3 is 0 Å². The minimum Gasteiger partial charge on any atom is -0.495 e. The lowest BCUT2D eigenvalue weighted by atomic mass is 10.3. The van der Waals surface area contributed by atoms with Gasteiger partial charge in [-0.3, -0.25) is 0 Å². The van der Waals surface area contributed by atoms with E-state index in [1.54, 1.807) is 6.07 Å². The van der Waals surface area contributed by atoms with Gasteiger partial charge in [0, 0.05) is 19.1 Å². The molecule has 0 spiro atoms. The molecule has 1 saturated heterocycles. The van der Waals surface area contributed by atoms with Crippen molar-refractivity contribution in [1.82, 2.24) is 4.31 Å². The molecule has 0 amide bonds. The van der Waals surface area contributed by atoms with Crippen molar-refractivity contribution in [3.05, 3.63) is 23.2 Å². The minimum absolute atomic E-state index is 0. The van der Waals surface area contributed by atoms with Crippen LogP contribution in [0.1, 0.15) is 6.42 Å². The summed E-state index contributed by atoms with van der Waals surface area (Å²) in [6.07, 6.45) is 0.684. The molecule has 1 aromatic rings. The fourth-order valence-corrected chi connectivity index (χ4v) is 3.79. The summed E-state index contributed by atoms with van der Waals surface area (Å²) >= 11 is 5.94. The van der Waals surface area contributed by atoms with Gasteiger partial charge in [0.2, 0.25) is 10.0 Å². The molecule has 1 aliphatic heterocycles. The molecule has 0 aromatic heterocycles. The fraction of sp³-hybridized carbons (Fsp3) is 0.455. The molecule has 1 aromatic carbocycles. The monoisotopic (exact) mass is 326 g/mol. The van der Waals surface area contributed by atoms with Crippen LogP contribution >= 0.6 is 24.0 Å². The molecule has 108 valence electrons. The minimum atomic E-state index is -3.51. The Morgan fingerprint density at radius 3 is 2.63 bits per heavy atom. The first-order chi connectivity index (χ1) is 8.45. The van der Waals surface area contributed by atoms with Gasteiger partial charge in [0.25, 0.3) is 0 Å². The number of methoxy groups -OCH3 is 1. The van der Waals surface area contributed by atoms with E-state index < -0.39 is 10.0 Å². The second kappa shape index (κ2) is 6.28. The van der Waals surface area contributed by atoms with Gasteiger partial charge in [0.05, 0.1) is 17.0 Å². The lowest BCUT2D eigenvalue weighted by Gasteiger charge is -2.16. The largest absolute Gasteiger partial charge is 0.495 e. The van der Waals surface area contributed by atoms with E-state index in [0.29, 0.717) is 25.3 Å². The SMILES string of the molecule is COc1ccc(S(=O)(=O)N2CC[C@@H](N)C2)cc1Cl.Cl. The Morgan fingerprint density at radius 1 is 1.47 bits per heavy atom. The van der Waals surface area contributed by atoms with Crippen LogP contribution < -0.4 is 10.5 Å². The highest BCUT2D eigenvalue weighted by Gasteiger charge is 2.31. The van der Waals surface area contributed by atoms with Crippen LogP contribution in [0.5, 0.6) is 5.75 Å². The first-order valence-electron chi connectivity index (χ1n) is 5.54. The van der Waals surface area contributed by atoms with Crippen molar-refractivity contribution in [3.8, 4) is 5.75 Å². The molecule has 1 atom stereocenters. The third kappa shape index (κ3) is 3.32. The molecule has 0 radical (unpaired) electrons. The second-order valence-corrected chi connectivity index (χ2v) is 6.55. The van der Waals surface area contributed by atoms with Crippen molar-refractivity contribution in [1.29, 1.82) is 0 Å².